The van der Waals surface area contributed by atoms with Gasteiger partial charge in [0.15, 0.2) is 5.16 Å². The smallest absolute Gasteiger partial charge is 0.266 e. The molecule has 5 aromatic rings. The van der Waals surface area contributed by atoms with Crippen molar-refractivity contribution in [2.75, 3.05) is 14.2 Å². The summed E-state index contributed by atoms with van der Waals surface area (Å²) in [4.78, 5) is 23.2. The number of hydrogen-bond donors (Lipinski definition) is 0. The Kier molecular flexibility index (Phi) is 6.71. The first kappa shape index (κ1) is 24.0. The van der Waals surface area contributed by atoms with Crippen LogP contribution in [0.25, 0.3) is 28.0 Å². The van der Waals surface area contributed by atoms with Gasteiger partial charge in [0, 0.05) is 22.4 Å². The van der Waals surface area contributed by atoms with E-state index in [0.29, 0.717) is 55.7 Å². The topological polar surface area (TPSA) is 79.4 Å². The van der Waals surface area contributed by atoms with Crippen LogP contribution < -0.4 is 15.0 Å². The standard InChI is InChI=1S/C27H22ClN3O4S/c1-16-22(29-25(35-16)17-7-6-8-18(28)13-17)15-36-27-30-21-10-5-4-9-20(21)26(32)31(27)23-14-19(33-2)11-12-24(23)34-3/h4-14H,15H2,1-3H3. The number of aromatic nitrogens is 3. The van der Waals surface area contributed by atoms with E-state index in [1.807, 2.05) is 37.3 Å². The maximum absolute atomic E-state index is 13.7. The third kappa shape index (κ3) is 4.57. The van der Waals surface area contributed by atoms with Crippen molar-refractivity contribution in [3.8, 4) is 28.6 Å². The number of nitrogens with zero attached hydrogens (tertiary/aromatic N) is 3. The molecule has 5 rings (SSSR count). The third-order valence-corrected chi connectivity index (χ3v) is 6.86. The van der Waals surface area contributed by atoms with Gasteiger partial charge >= 0.3 is 0 Å². The fourth-order valence-corrected chi connectivity index (χ4v) is 5.03. The van der Waals surface area contributed by atoms with Crippen molar-refractivity contribution in [3.63, 3.8) is 0 Å². The highest BCUT2D eigenvalue weighted by Gasteiger charge is 2.19. The lowest BCUT2D eigenvalue weighted by Crippen LogP contribution is -2.22. The molecule has 0 amide bonds. The number of benzene rings is 3. The van der Waals surface area contributed by atoms with Crippen LogP contribution in [0.2, 0.25) is 5.02 Å². The Morgan fingerprint density at radius 1 is 1.00 bits per heavy atom. The average molecular weight is 520 g/mol. The lowest BCUT2D eigenvalue weighted by atomic mass is 10.2. The minimum Gasteiger partial charge on any atom is -0.497 e. The van der Waals surface area contributed by atoms with Crippen LogP contribution in [-0.2, 0) is 5.75 Å². The van der Waals surface area contributed by atoms with Crippen molar-refractivity contribution in [3.05, 3.63) is 93.6 Å². The lowest BCUT2D eigenvalue weighted by Gasteiger charge is -2.16. The Morgan fingerprint density at radius 2 is 1.83 bits per heavy atom. The molecule has 0 N–H and O–H groups in total. The van der Waals surface area contributed by atoms with Gasteiger partial charge in [0.1, 0.15) is 17.3 Å². The van der Waals surface area contributed by atoms with Gasteiger partial charge in [-0.05, 0) is 49.4 Å². The molecule has 0 aliphatic rings. The minimum absolute atomic E-state index is 0.203. The molecular weight excluding hydrogens is 498 g/mol. The van der Waals surface area contributed by atoms with Gasteiger partial charge in [-0.25, -0.2) is 9.97 Å². The van der Waals surface area contributed by atoms with Crippen LogP contribution >= 0.6 is 23.4 Å². The predicted molar refractivity (Wildman–Crippen MR) is 142 cm³/mol. The number of thioether (sulfide) groups is 1. The summed E-state index contributed by atoms with van der Waals surface area (Å²) in [5.74, 6) is 2.74. The van der Waals surface area contributed by atoms with Gasteiger partial charge in [0.05, 0.1) is 36.5 Å². The molecule has 0 saturated carbocycles. The number of oxazole rings is 1. The molecule has 9 heteroatoms. The van der Waals surface area contributed by atoms with E-state index in [2.05, 4.69) is 4.98 Å². The molecular formula is C27H22ClN3O4S. The number of para-hydroxylation sites is 1. The van der Waals surface area contributed by atoms with Gasteiger partial charge in [-0.1, -0.05) is 41.6 Å². The molecule has 0 aliphatic carbocycles. The fourth-order valence-electron chi connectivity index (χ4n) is 3.83. The molecule has 0 radical (unpaired) electrons. The van der Waals surface area contributed by atoms with Crippen molar-refractivity contribution in [1.82, 2.24) is 14.5 Å². The number of aryl methyl sites for hydroxylation is 1. The molecule has 0 aliphatic heterocycles. The largest absolute Gasteiger partial charge is 0.497 e. The van der Waals surface area contributed by atoms with Crippen molar-refractivity contribution >= 4 is 34.3 Å². The van der Waals surface area contributed by atoms with E-state index in [-0.39, 0.29) is 5.56 Å². The molecule has 36 heavy (non-hydrogen) atoms. The van der Waals surface area contributed by atoms with E-state index in [9.17, 15) is 4.79 Å². The van der Waals surface area contributed by atoms with E-state index >= 15 is 0 Å². The summed E-state index contributed by atoms with van der Waals surface area (Å²) in [5, 5.41) is 1.61. The summed E-state index contributed by atoms with van der Waals surface area (Å²) in [6, 6.07) is 19.9. The highest BCUT2D eigenvalue weighted by Crippen LogP contribution is 2.33. The van der Waals surface area contributed by atoms with Crippen LogP contribution in [-0.4, -0.2) is 28.8 Å². The van der Waals surface area contributed by atoms with Crippen molar-refractivity contribution in [1.29, 1.82) is 0 Å². The summed E-state index contributed by atoms with van der Waals surface area (Å²) in [6.07, 6.45) is 0. The summed E-state index contributed by atoms with van der Waals surface area (Å²) >= 11 is 7.52. The third-order valence-electron chi connectivity index (χ3n) is 5.67. The monoisotopic (exact) mass is 519 g/mol. The minimum atomic E-state index is -0.203. The number of rotatable bonds is 7. The van der Waals surface area contributed by atoms with Gasteiger partial charge in [0.2, 0.25) is 5.89 Å². The molecule has 0 bridgehead atoms. The van der Waals surface area contributed by atoms with Crippen molar-refractivity contribution in [2.24, 2.45) is 0 Å². The van der Waals surface area contributed by atoms with E-state index < -0.39 is 0 Å². The SMILES string of the molecule is COc1ccc(OC)c(-n2c(SCc3nc(-c4cccc(Cl)c4)oc3C)nc3ccccc3c2=O)c1. The van der Waals surface area contributed by atoms with Crippen molar-refractivity contribution in [2.45, 2.75) is 17.8 Å². The average Bonchev–Trinajstić information content (AvgIpc) is 3.27. The van der Waals surface area contributed by atoms with E-state index in [1.54, 1.807) is 55.2 Å². The molecule has 2 aromatic heterocycles. The zero-order valence-corrected chi connectivity index (χ0v) is 21.4. The lowest BCUT2D eigenvalue weighted by molar-refractivity contribution is 0.400. The first-order valence-corrected chi connectivity index (χ1v) is 12.4. The number of halogens is 1. The molecule has 3 aromatic carbocycles. The van der Waals surface area contributed by atoms with Crippen LogP contribution in [0, 0.1) is 6.92 Å². The molecule has 7 nitrogen and oxygen atoms in total. The van der Waals surface area contributed by atoms with E-state index in [0.717, 1.165) is 11.3 Å². The molecule has 0 saturated heterocycles. The van der Waals surface area contributed by atoms with Gasteiger partial charge in [0.25, 0.3) is 5.56 Å². The molecule has 0 atom stereocenters. The Labute approximate surface area is 216 Å². The second kappa shape index (κ2) is 10.1. The van der Waals surface area contributed by atoms with Crippen molar-refractivity contribution < 1.29 is 13.9 Å². The molecule has 0 spiro atoms. The number of methoxy groups -OCH3 is 2. The predicted octanol–water partition coefficient (Wildman–Crippen LogP) is 6.31. The van der Waals surface area contributed by atoms with Gasteiger partial charge in [-0.3, -0.25) is 9.36 Å². The molecule has 2 heterocycles. The number of hydrogen-bond acceptors (Lipinski definition) is 7. The molecule has 182 valence electrons. The second-order valence-electron chi connectivity index (χ2n) is 7.91. The van der Waals surface area contributed by atoms with Gasteiger partial charge in [-0.15, -0.1) is 0 Å². The number of ether oxygens (including phenoxy) is 2. The van der Waals surface area contributed by atoms with Crippen LogP contribution in [0.1, 0.15) is 11.5 Å². The van der Waals surface area contributed by atoms with Crippen LogP contribution in [0.3, 0.4) is 0 Å². The Bertz CT molecular complexity index is 1630. The van der Waals surface area contributed by atoms with Crippen LogP contribution in [0.15, 0.2) is 81.1 Å². The zero-order valence-electron chi connectivity index (χ0n) is 19.8. The highest BCUT2D eigenvalue weighted by molar-refractivity contribution is 7.98. The Morgan fingerprint density at radius 3 is 2.61 bits per heavy atom. The van der Waals surface area contributed by atoms with E-state index in [1.165, 1.54) is 11.8 Å². The zero-order chi connectivity index (χ0) is 25.2. The summed E-state index contributed by atoms with van der Waals surface area (Å²) < 4.78 is 18.5. The summed E-state index contributed by atoms with van der Waals surface area (Å²) in [5.41, 5.74) is 2.50. The number of fused-ring (bicyclic) bond motifs is 1. The molecule has 0 fully saturated rings. The highest BCUT2D eigenvalue weighted by atomic mass is 35.5. The maximum atomic E-state index is 13.7. The van der Waals surface area contributed by atoms with Gasteiger partial charge in [-0.2, -0.15) is 0 Å². The van der Waals surface area contributed by atoms with Crippen LogP contribution in [0.4, 0.5) is 0 Å². The first-order valence-electron chi connectivity index (χ1n) is 11.1. The maximum Gasteiger partial charge on any atom is 0.266 e. The normalized spacial score (nSPS) is 11.1. The Hall–Kier alpha value is -3.75. The van der Waals surface area contributed by atoms with Crippen LogP contribution in [0.5, 0.6) is 11.5 Å². The fraction of sp³-hybridized carbons (Fsp3) is 0.148. The van der Waals surface area contributed by atoms with Gasteiger partial charge < -0.3 is 13.9 Å². The summed E-state index contributed by atoms with van der Waals surface area (Å²) in [6.45, 7) is 1.86. The first-order chi connectivity index (χ1) is 17.5. The van der Waals surface area contributed by atoms with E-state index in [4.69, 9.17) is 30.5 Å². The Balaban J connectivity index is 1.59. The second-order valence-corrected chi connectivity index (χ2v) is 9.29. The quantitative estimate of drug-likeness (QED) is 0.184. The summed E-state index contributed by atoms with van der Waals surface area (Å²) in [7, 11) is 3.14. The molecule has 0 unspecified atom stereocenters.